The van der Waals surface area contributed by atoms with Crippen molar-refractivity contribution in [2.45, 2.75) is 27.2 Å². The van der Waals surface area contributed by atoms with Crippen molar-refractivity contribution in [3.63, 3.8) is 0 Å². The summed E-state index contributed by atoms with van der Waals surface area (Å²) in [6, 6.07) is 9.63. The van der Waals surface area contributed by atoms with Crippen LogP contribution in [0.4, 0.5) is 5.69 Å². The normalized spacial score (nSPS) is 11.1. The van der Waals surface area contributed by atoms with Crippen LogP contribution in [-0.4, -0.2) is 25.5 Å². The van der Waals surface area contributed by atoms with E-state index in [2.05, 4.69) is 34.2 Å². The number of anilines is 1. The Hall–Kier alpha value is -2.76. The minimum absolute atomic E-state index is 0.117. The summed E-state index contributed by atoms with van der Waals surface area (Å²) in [5.41, 5.74) is 2.78. The van der Waals surface area contributed by atoms with Crippen molar-refractivity contribution in [3.8, 4) is 0 Å². The lowest BCUT2D eigenvalue weighted by Gasteiger charge is -2.11. The molecule has 23 heavy (non-hydrogen) atoms. The van der Waals surface area contributed by atoms with Gasteiger partial charge in [-0.15, -0.1) is 5.10 Å². The van der Waals surface area contributed by atoms with Crippen LogP contribution in [0.5, 0.6) is 0 Å². The van der Waals surface area contributed by atoms with Crippen LogP contribution in [0.25, 0.3) is 5.78 Å². The SMILES string of the molecule is Cc1ccnc2nc(C(=O)Nc3ccccc3CC(C)C)nn12. The first-order valence-electron chi connectivity index (χ1n) is 7.62. The molecule has 0 spiro atoms. The van der Waals surface area contributed by atoms with Gasteiger partial charge in [0.15, 0.2) is 0 Å². The van der Waals surface area contributed by atoms with E-state index in [0.29, 0.717) is 11.7 Å². The van der Waals surface area contributed by atoms with Gasteiger partial charge >= 0.3 is 0 Å². The lowest BCUT2D eigenvalue weighted by atomic mass is 10.0. The molecular formula is C17H19N5O. The Labute approximate surface area is 134 Å². The molecule has 1 N–H and O–H groups in total. The van der Waals surface area contributed by atoms with Crippen molar-refractivity contribution < 1.29 is 4.79 Å². The molecule has 0 unspecified atom stereocenters. The molecule has 0 saturated carbocycles. The lowest BCUT2D eigenvalue weighted by Crippen LogP contribution is -2.15. The van der Waals surface area contributed by atoms with Crippen molar-refractivity contribution >= 4 is 17.4 Å². The summed E-state index contributed by atoms with van der Waals surface area (Å²) in [7, 11) is 0. The molecule has 0 aliphatic heterocycles. The van der Waals surface area contributed by atoms with Crippen LogP contribution in [0, 0.1) is 12.8 Å². The Morgan fingerprint density at radius 3 is 2.78 bits per heavy atom. The number of fused-ring (bicyclic) bond motifs is 1. The number of carbonyl (C=O) groups is 1. The van der Waals surface area contributed by atoms with E-state index in [1.807, 2.05) is 37.3 Å². The second-order valence-electron chi connectivity index (χ2n) is 5.94. The monoisotopic (exact) mass is 309 g/mol. The summed E-state index contributed by atoms with van der Waals surface area (Å²) in [5.74, 6) is 0.719. The zero-order chi connectivity index (χ0) is 16.4. The maximum atomic E-state index is 12.5. The molecular weight excluding hydrogens is 290 g/mol. The number of carbonyl (C=O) groups excluding carboxylic acids is 1. The van der Waals surface area contributed by atoms with E-state index in [9.17, 15) is 4.79 Å². The average molecular weight is 309 g/mol. The van der Waals surface area contributed by atoms with E-state index in [1.165, 1.54) is 0 Å². The Morgan fingerprint density at radius 1 is 1.26 bits per heavy atom. The predicted octanol–water partition coefficient (Wildman–Crippen LogP) is 2.88. The van der Waals surface area contributed by atoms with E-state index in [4.69, 9.17) is 0 Å². The van der Waals surface area contributed by atoms with Gasteiger partial charge in [0.1, 0.15) is 0 Å². The quantitative estimate of drug-likeness (QED) is 0.804. The number of benzene rings is 1. The predicted molar refractivity (Wildman–Crippen MR) is 88.5 cm³/mol. The maximum absolute atomic E-state index is 12.5. The summed E-state index contributed by atoms with van der Waals surface area (Å²) in [6.07, 6.45) is 2.55. The fourth-order valence-corrected chi connectivity index (χ4v) is 2.44. The van der Waals surface area contributed by atoms with E-state index in [1.54, 1.807) is 10.7 Å². The topological polar surface area (TPSA) is 72.2 Å². The Kier molecular flexibility index (Phi) is 4.06. The average Bonchev–Trinajstić information content (AvgIpc) is 2.94. The molecule has 0 saturated heterocycles. The van der Waals surface area contributed by atoms with Crippen molar-refractivity contribution in [1.29, 1.82) is 0 Å². The van der Waals surface area contributed by atoms with Crippen molar-refractivity contribution in [2.75, 3.05) is 5.32 Å². The van der Waals surface area contributed by atoms with Gasteiger partial charge in [-0.2, -0.15) is 4.98 Å². The van der Waals surface area contributed by atoms with Crippen LogP contribution in [0.1, 0.15) is 35.7 Å². The van der Waals surface area contributed by atoms with Crippen LogP contribution < -0.4 is 5.32 Å². The molecule has 118 valence electrons. The Balaban J connectivity index is 1.88. The molecule has 0 aliphatic rings. The van der Waals surface area contributed by atoms with Crippen LogP contribution in [-0.2, 0) is 6.42 Å². The molecule has 0 fully saturated rings. The van der Waals surface area contributed by atoms with E-state index >= 15 is 0 Å². The largest absolute Gasteiger partial charge is 0.319 e. The molecule has 0 aliphatic carbocycles. The van der Waals surface area contributed by atoms with Crippen molar-refractivity contribution in [2.24, 2.45) is 5.92 Å². The van der Waals surface area contributed by atoms with Crippen LogP contribution in [0.3, 0.4) is 0 Å². The fraction of sp³-hybridized carbons (Fsp3) is 0.294. The molecule has 1 aromatic carbocycles. The van der Waals surface area contributed by atoms with Gasteiger partial charge in [-0.3, -0.25) is 4.79 Å². The number of aromatic nitrogens is 4. The molecule has 6 heteroatoms. The maximum Gasteiger partial charge on any atom is 0.295 e. The molecule has 1 amide bonds. The standard InChI is InChI=1S/C17H19N5O/c1-11(2)10-13-6-4-5-7-14(13)19-16(23)15-20-17-18-9-8-12(3)22(17)21-15/h4-9,11H,10H2,1-3H3,(H,19,23). The minimum atomic E-state index is -0.328. The molecule has 3 aromatic rings. The summed E-state index contributed by atoms with van der Waals surface area (Å²) in [6.45, 7) is 6.19. The molecule has 0 bridgehead atoms. The third-order valence-electron chi connectivity index (χ3n) is 3.53. The van der Waals surface area contributed by atoms with Gasteiger partial charge in [0.2, 0.25) is 5.82 Å². The number of nitrogens with zero attached hydrogens (tertiary/aromatic N) is 4. The van der Waals surface area contributed by atoms with Crippen molar-refractivity contribution in [1.82, 2.24) is 19.6 Å². The number of aryl methyl sites for hydroxylation is 1. The molecule has 0 radical (unpaired) electrons. The van der Waals surface area contributed by atoms with Crippen LogP contribution in [0.15, 0.2) is 36.5 Å². The number of amides is 1. The summed E-state index contributed by atoms with van der Waals surface area (Å²) < 4.78 is 1.56. The number of hydrogen-bond acceptors (Lipinski definition) is 4. The fourth-order valence-electron chi connectivity index (χ4n) is 2.44. The Morgan fingerprint density at radius 2 is 2.04 bits per heavy atom. The Bertz CT molecular complexity index is 853. The summed E-state index contributed by atoms with van der Waals surface area (Å²) >= 11 is 0. The first-order valence-corrected chi connectivity index (χ1v) is 7.62. The lowest BCUT2D eigenvalue weighted by molar-refractivity contribution is 0.101. The van der Waals surface area contributed by atoms with Gasteiger partial charge in [-0.1, -0.05) is 32.0 Å². The third kappa shape index (κ3) is 3.21. The molecule has 6 nitrogen and oxygen atoms in total. The molecule has 2 aromatic heterocycles. The van der Waals surface area contributed by atoms with Gasteiger partial charge in [0.25, 0.3) is 11.7 Å². The van der Waals surface area contributed by atoms with E-state index in [-0.39, 0.29) is 11.7 Å². The van der Waals surface area contributed by atoms with E-state index in [0.717, 1.165) is 23.4 Å². The van der Waals surface area contributed by atoms with Gasteiger partial charge in [0, 0.05) is 17.6 Å². The van der Waals surface area contributed by atoms with Gasteiger partial charge in [-0.25, -0.2) is 9.50 Å². The van der Waals surface area contributed by atoms with Crippen molar-refractivity contribution in [3.05, 3.63) is 53.6 Å². The zero-order valence-electron chi connectivity index (χ0n) is 13.4. The highest BCUT2D eigenvalue weighted by atomic mass is 16.2. The van der Waals surface area contributed by atoms with Gasteiger partial charge in [-0.05, 0) is 37.0 Å². The molecule has 0 atom stereocenters. The van der Waals surface area contributed by atoms with Crippen LogP contribution in [0.2, 0.25) is 0 Å². The number of hydrogen-bond donors (Lipinski definition) is 1. The second kappa shape index (κ2) is 6.16. The highest BCUT2D eigenvalue weighted by molar-refractivity contribution is 6.02. The highest BCUT2D eigenvalue weighted by Crippen LogP contribution is 2.19. The second-order valence-corrected chi connectivity index (χ2v) is 5.94. The minimum Gasteiger partial charge on any atom is -0.319 e. The first kappa shape index (κ1) is 15.1. The van der Waals surface area contributed by atoms with Gasteiger partial charge in [0.05, 0.1) is 0 Å². The van der Waals surface area contributed by atoms with E-state index < -0.39 is 0 Å². The molecule has 2 heterocycles. The molecule has 3 rings (SSSR count). The summed E-state index contributed by atoms with van der Waals surface area (Å²) in [5, 5.41) is 7.14. The smallest absolute Gasteiger partial charge is 0.295 e. The first-order chi connectivity index (χ1) is 11.0. The third-order valence-corrected chi connectivity index (χ3v) is 3.53. The van der Waals surface area contributed by atoms with Gasteiger partial charge < -0.3 is 5.32 Å². The van der Waals surface area contributed by atoms with Crippen LogP contribution >= 0.6 is 0 Å². The number of rotatable bonds is 4. The zero-order valence-corrected chi connectivity index (χ0v) is 13.4. The number of nitrogens with one attached hydrogen (secondary N) is 1. The number of para-hydroxylation sites is 1. The summed E-state index contributed by atoms with van der Waals surface area (Å²) in [4.78, 5) is 20.8. The highest BCUT2D eigenvalue weighted by Gasteiger charge is 2.16.